The maximum atomic E-state index is 9.29. The first-order chi connectivity index (χ1) is 7.81. The number of aliphatic hydroxyl groups is 1. The van der Waals surface area contributed by atoms with Crippen LogP contribution in [0.1, 0.15) is 11.1 Å². The highest BCUT2D eigenvalue weighted by Gasteiger charge is 2.20. The largest absolute Gasteiger partial charge is 0.493 e. The van der Waals surface area contributed by atoms with E-state index in [1.807, 2.05) is 12.2 Å². The van der Waals surface area contributed by atoms with Crippen LogP contribution in [0.4, 0.5) is 0 Å². The van der Waals surface area contributed by atoms with E-state index >= 15 is 0 Å². The third kappa shape index (κ3) is 1.61. The number of hydrogen-bond donors (Lipinski definition) is 1. The molecule has 0 aliphatic carbocycles. The molecule has 0 unspecified atom stereocenters. The smallest absolute Gasteiger partial charge is 0.203 e. The average Bonchev–Trinajstić information content (AvgIpc) is 2.36. The molecule has 0 radical (unpaired) electrons. The van der Waals surface area contributed by atoms with Gasteiger partial charge >= 0.3 is 0 Å². The molecule has 1 N–H and O–H groups in total. The summed E-state index contributed by atoms with van der Waals surface area (Å²) in [5, 5.41) is 9.29. The molecule has 4 heteroatoms. The monoisotopic (exact) mass is 222 g/mol. The minimum atomic E-state index is -0.0591. The summed E-state index contributed by atoms with van der Waals surface area (Å²) in [6.45, 7) is 0.442. The van der Waals surface area contributed by atoms with Crippen molar-refractivity contribution >= 4 is 6.08 Å². The molecule has 16 heavy (non-hydrogen) atoms. The van der Waals surface area contributed by atoms with Crippen molar-refractivity contribution in [1.82, 2.24) is 0 Å². The van der Waals surface area contributed by atoms with Crippen LogP contribution in [0, 0.1) is 0 Å². The predicted octanol–water partition coefficient (Wildman–Crippen LogP) is 1.60. The summed E-state index contributed by atoms with van der Waals surface area (Å²) in [6, 6.07) is 1.76. The minimum absolute atomic E-state index is 0.0591. The normalized spacial score (nSPS) is 12.9. The van der Waals surface area contributed by atoms with Gasteiger partial charge in [0.15, 0.2) is 11.5 Å². The fraction of sp³-hybridized carbons (Fsp3) is 0.333. The third-order valence-corrected chi connectivity index (χ3v) is 2.53. The van der Waals surface area contributed by atoms with E-state index in [4.69, 9.17) is 14.2 Å². The number of rotatable bonds is 3. The molecule has 0 spiro atoms. The second kappa shape index (κ2) is 4.45. The van der Waals surface area contributed by atoms with Crippen molar-refractivity contribution in [2.24, 2.45) is 0 Å². The zero-order chi connectivity index (χ0) is 11.5. The molecule has 0 saturated heterocycles. The predicted molar refractivity (Wildman–Crippen MR) is 60.0 cm³/mol. The summed E-state index contributed by atoms with van der Waals surface area (Å²) >= 11 is 0. The van der Waals surface area contributed by atoms with E-state index in [0.717, 1.165) is 11.1 Å². The van der Waals surface area contributed by atoms with Crippen molar-refractivity contribution in [2.45, 2.75) is 6.61 Å². The molecule has 2 rings (SSSR count). The summed E-state index contributed by atoms with van der Waals surface area (Å²) < 4.78 is 16.0. The Morgan fingerprint density at radius 3 is 2.81 bits per heavy atom. The van der Waals surface area contributed by atoms with Gasteiger partial charge in [0.25, 0.3) is 0 Å². The first-order valence-corrected chi connectivity index (χ1v) is 4.99. The highest BCUT2D eigenvalue weighted by molar-refractivity contribution is 5.71. The first-order valence-electron chi connectivity index (χ1n) is 4.99. The zero-order valence-electron chi connectivity index (χ0n) is 9.32. The van der Waals surface area contributed by atoms with Crippen LogP contribution >= 0.6 is 0 Å². The summed E-state index contributed by atoms with van der Waals surface area (Å²) in [7, 11) is 3.13. The maximum Gasteiger partial charge on any atom is 0.203 e. The number of aliphatic hydroxyl groups excluding tert-OH is 1. The molecule has 0 aromatic heterocycles. The molecule has 4 nitrogen and oxygen atoms in total. The number of ether oxygens (including phenoxy) is 3. The van der Waals surface area contributed by atoms with Crippen molar-refractivity contribution in [2.75, 3.05) is 20.8 Å². The molecule has 1 aliphatic rings. The van der Waals surface area contributed by atoms with Crippen molar-refractivity contribution < 1.29 is 19.3 Å². The molecule has 86 valence electrons. The topological polar surface area (TPSA) is 47.9 Å². The van der Waals surface area contributed by atoms with Crippen LogP contribution in [0.15, 0.2) is 12.1 Å². The zero-order valence-corrected chi connectivity index (χ0v) is 9.32. The Labute approximate surface area is 94.1 Å². The number of hydrogen-bond acceptors (Lipinski definition) is 4. The lowest BCUT2D eigenvalue weighted by atomic mass is 10.0. The van der Waals surface area contributed by atoms with Crippen LogP contribution in [0.2, 0.25) is 0 Å². The van der Waals surface area contributed by atoms with Gasteiger partial charge in [0.05, 0.1) is 20.8 Å². The van der Waals surface area contributed by atoms with Crippen LogP contribution in [-0.4, -0.2) is 25.9 Å². The van der Waals surface area contributed by atoms with Crippen LogP contribution in [0.5, 0.6) is 17.2 Å². The van der Waals surface area contributed by atoms with E-state index in [-0.39, 0.29) is 6.61 Å². The first kappa shape index (κ1) is 10.8. The van der Waals surface area contributed by atoms with Crippen molar-refractivity contribution in [1.29, 1.82) is 0 Å². The summed E-state index contributed by atoms with van der Waals surface area (Å²) in [5.74, 6) is 1.77. The van der Waals surface area contributed by atoms with Crippen molar-refractivity contribution in [3.8, 4) is 17.2 Å². The van der Waals surface area contributed by atoms with Gasteiger partial charge in [-0.15, -0.1) is 0 Å². The van der Waals surface area contributed by atoms with Crippen molar-refractivity contribution in [3.63, 3.8) is 0 Å². The van der Waals surface area contributed by atoms with Crippen LogP contribution < -0.4 is 14.2 Å². The van der Waals surface area contributed by atoms with Gasteiger partial charge in [0.1, 0.15) is 6.61 Å². The lowest BCUT2D eigenvalue weighted by molar-refractivity contribution is 0.274. The Kier molecular flexibility index (Phi) is 3.01. The van der Waals surface area contributed by atoms with E-state index in [1.165, 1.54) is 0 Å². The Bertz CT molecular complexity index is 424. The van der Waals surface area contributed by atoms with Gasteiger partial charge in [-0.1, -0.05) is 6.08 Å². The average molecular weight is 222 g/mol. The Morgan fingerprint density at radius 1 is 1.38 bits per heavy atom. The lowest BCUT2D eigenvalue weighted by Gasteiger charge is -2.20. The molecular formula is C12H14O4. The van der Waals surface area contributed by atoms with Gasteiger partial charge < -0.3 is 19.3 Å². The van der Waals surface area contributed by atoms with Gasteiger partial charge in [-0.2, -0.15) is 0 Å². The fourth-order valence-corrected chi connectivity index (χ4v) is 1.78. The number of benzene rings is 1. The second-order valence-corrected chi connectivity index (χ2v) is 3.39. The number of methoxy groups -OCH3 is 2. The molecule has 0 amide bonds. The van der Waals surface area contributed by atoms with Gasteiger partial charge in [0, 0.05) is 5.56 Å². The van der Waals surface area contributed by atoms with E-state index < -0.39 is 0 Å². The van der Waals surface area contributed by atoms with Gasteiger partial charge in [0.2, 0.25) is 5.75 Å². The fourth-order valence-electron chi connectivity index (χ4n) is 1.78. The second-order valence-electron chi connectivity index (χ2n) is 3.39. The summed E-state index contributed by atoms with van der Waals surface area (Å²) in [4.78, 5) is 0. The van der Waals surface area contributed by atoms with E-state index in [0.29, 0.717) is 23.9 Å². The third-order valence-electron chi connectivity index (χ3n) is 2.53. The van der Waals surface area contributed by atoms with Gasteiger partial charge in [-0.3, -0.25) is 0 Å². The van der Waals surface area contributed by atoms with E-state index in [1.54, 1.807) is 20.3 Å². The van der Waals surface area contributed by atoms with Gasteiger partial charge in [-0.25, -0.2) is 0 Å². The van der Waals surface area contributed by atoms with Gasteiger partial charge in [-0.05, 0) is 17.7 Å². The number of fused-ring (bicyclic) bond motifs is 1. The molecule has 0 saturated carbocycles. The van der Waals surface area contributed by atoms with E-state index in [2.05, 4.69) is 0 Å². The highest BCUT2D eigenvalue weighted by Crippen LogP contribution is 2.43. The highest BCUT2D eigenvalue weighted by atomic mass is 16.5. The SMILES string of the molecule is COc1cc(CO)c2c(c1OC)OCC=C2. The van der Waals surface area contributed by atoms with E-state index in [9.17, 15) is 5.11 Å². The van der Waals surface area contributed by atoms with Crippen LogP contribution in [0.25, 0.3) is 6.08 Å². The maximum absolute atomic E-state index is 9.29. The summed E-state index contributed by atoms with van der Waals surface area (Å²) in [6.07, 6.45) is 3.82. The molecule has 1 heterocycles. The summed E-state index contributed by atoms with van der Waals surface area (Å²) in [5.41, 5.74) is 1.62. The molecular weight excluding hydrogens is 208 g/mol. The van der Waals surface area contributed by atoms with Crippen molar-refractivity contribution in [3.05, 3.63) is 23.3 Å². The Balaban J connectivity index is 2.66. The molecule has 1 aromatic carbocycles. The molecule has 1 aromatic rings. The minimum Gasteiger partial charge on any atom is -0.493 e. The molecule has 0 fully saturated rings. The quantitative estimate of drug-likeness (QED) is 0.843. The standard InChI is InChI=1S/C12H14O4/c1-14-10-6-8(7-13)9-4-3-5-16-11(9)12(10)15-2/h3-4,6,13H,5,7H2,1-2H3. The molecule has 0 bridgehead atoms. The van der Waals surface area contributed by atoms with Crippen LogP contribution in [-0.2, 0) is 6.61 Å². The lowest BCUT2D eigenvalue weighted by Crippen LogP contribution is -2.06. The Hall–Kier alpha value is -1.68. The Morgan fingerprint density at radius 2 is 2.19 bits per heavy atom. The van der Waals surface area contributed by atoms with Crippen LogP contribution in [0.3, 0.4) is 0 Å². The molecule has 0 atom stereocenters. The molecule has 1 aliphatic heterocycles.